The Balaban J connectivity index is 1.55. The molecule has 0 aromatic heterocycles. The van der Waals surface area contributed by atoms with Crippen LogP contribution in [0.1, 0.15) is 105 Å². The SMILES string of the molecule is CC1CCCC(C)N1S(=O)(=O)NC(=O)C12CC1/C=C\CCCCCC(NC(=O)OC(C)(C)C)C(=O)N1CCCC1C(=O)N2. The van der Waals surface area contributed by atoms with Crippen molar-refractivity contribution in [2.24, 2.45) is 5.92 Å². The van der Waals surface area contributed by atoms with Crippen LogP contribution in [0.3, 0.4) is 0 Å². The number of nitrogens with one attached hydrogen (secondary N) is 3. The molecule has 13 heteroatoms. The van der Waals surface area contributed by atoms with Crippen molar-refractivity contribution >= 4 is 34.0 Å². The molecule has 0 radical (unpaired) electrons. The molecule has 3 fully saturated rings. The Morgan fingerprint density at radius 1 is 1.00 bits per heavy atom. The number of hydrogen-bond acceptors (Lipinski definition) is 7. The van der Waals surface area contributed by atoms with Gasteiger partial charge >= 0.3 is 16.3 Å². The first kappa shape index (κ1) is 33.2. The molecule has 2 saturated heterocycles. The minimum atomic E-state index is -4.14. The van der Waals surface area contributed by atoms with Crippen LogP contribution >= 0.6 is 0 Å². The van der Waals surface area contributed by atoms with E-state index in [9.17, 15) is 27.6 Å². The Kier molecular flexibility index (Phi) is 10.1. The number of amides is 4. The van der Waals surface area contributed by atoms with E-state index in [1.807, 2.05) is 26.0 Å². The van der Waals surface area contributed by atoms with Crippen molar-refractivity contribution in [2.75, 3.05) is 6.54 Å². The molecular weight excluding hydrogens is 574 g/mol. The lowest BCUT2D eigenvalue weighted by Crippen LogP contribution is -2.60. The molecule has 0 spiro atoms. The second kappa shape index (κ2) is 13.1. The molecule has 6 atom stereocenters. The minimum Gasteiger partial charge on any atom is -0.444 e. The Bertz CT molecular complexity index is 1210. The van der Waals surface area contributed by atoms with Gasteiger partial charge in [0, 0.05) is 24.5 Å². The largest absolute Gasteiger partial charge is 0.444 e. The maximum atomic E-state index is 13.7. The molecule has 4 aliphatic rings. The standard InChI is InChI=1S/C30H49N5O7S/c1-20-13-11-14-21(2)35(20)43(40,41)33-27(38)30-19-22(30)15-9-7-6-8-10-16-23(31-28(39)42-29(3,4)5)26(37)34-18-12-17-24(34)25(36)32-30/h9,15,20-24H,6-8,10-14,16-19H2,1-5H3,(H,31,39)(H,32,36)(H,33,38)/b15-9-. The van der Waals surface area contributed by atoms with Gasteiger partial charge in [-0.2, -0.15) is 12.7 Å². The van der Waals surface area contributed by atoms with Crippen molar-refractivity contribution < 1.29 is 32.3 Å². The lowest BCUT2D eigenvalue weighted by atomic mass is 10.0. The summed E-state index contributed by atoms with van der Waals surface area (Å²) >= 11 is 0. The van der Waals surface area contributed by atoms with Crippen LogP contribution in [0.2, 0.25) is 0 Å². The molecule has 0 aromatic carbocycles. The first-order valence-electron chi connectivity index (χ1n) is 15.8. The maximum absolute atomic E-state index is 13.7. The van der Waals surface area contributed by atoms with Gasteiger partial charge in [-0.1, -0.05) is 31.4 Å². The van der Waals surface area contributed by atoms with E-state index in [4.69, 9.17) is 4.74 Å². The number of ether oxygens (including phenoxy) is 1. The normalized spacial score (nSPS) is 33.6. The molecule has 3 N–H and O–H groups in total. The summed E-state index contributed by atoms with van der Waals surface area (Å²) in [7, 11) is -4.14. The van der Waals surface area contributed by atoms with Crippen molar-refractivity contribution in [2.45, 2.75) is 141 Å². The molecule has 3 aliphatic heterocycles. The van der Waals surface area contributed by atoms with E-state index >= 15 is 0 Å². The predicted octanol–water partition coefficient (Wildman–Crippen LogP) is 2.89. The van der Waals surface area contributed by atoms with Crippen molar-refractivity contribution in [1.29, 1.82) is 0 Å². The van der Waals surface area contributed by atoms with Crippen molar-refractivity contribution in [3.05, 3.63) is 12.2 Å². The molecule has 4 amide bonds. The zero-order valence-corrected chi connectivity index (χ0v) is 27.0. The molecule has 6 unspecified atom stereocenters. The lowest BCUT2D eigenvalue weighted by molar-refractivity contribution is -0.141. The van der Waals surface area contributed by atoms with E-state index in [1.54, 1.807) is 20.8 Å². The maximum Gasteiger partial charge on any atom is 0.408 e. The highest BCUT2D eigenvalue weighted by atomic mass is 32.2. The number of nitrogens with zero attached hydrogens (tertiary/aromatic N) is 2. The molecule has 0 aromatic rings. The number of rotatable bonds is 4. The molecule has 12 nitrogen and oxygen atoms in total. The van der Waals surface area contributed by atoms with Gasteiger partial charge in [-0.25, -0.2) is 9.52 Å². The van der Waals surface area contributed by atoms with E-state index in [1.165, 1.54) is 9.21 Å². The van der Waals surface area contributed by atoms with E-state index < -0.39 is 51.3 Å². The predicted molar refractivity (Wildman–Crippen MR) is 161 cm³/mol. The Hall–Kier alpha value is -2.67. The van der Waals surface area contributed by atoms with Gasteiger partial charge in [0.25, 0.3) is 5.91 Å². The fourth-order valence-corrected chi connectivity index (χ4v) is 8.36. The van der Waals surface area contributed by atoms with Crippen LogP contribution in [0, 0.1) is 5.92 Å². The van der Waals surface area contributed by atoms with Crippen LogP contribution in [0.5, 0.6) is 0 Å². The van der Waals surface area contributed by atoms with E-state index in [0.717, 1.165) is 25.7 Å². The number of fused-ring (bicyclic) bond motifs is 2. The first-order chi connectivity index (χ1) is 20.1. The minimum absolute atomic E-state index is 0.246. The van der Waals surface area contributed by atoms with Gasteiger partial charge in [-0.15, -0.1) is 0 Å². The van der Waals surface area contributed by atoms with Gasteiger partial charge in [0.2, 0.25) is 11.8 Å². The molecular formula is C30H49N5O7S. The average Bonchev–Trinajstić information content (AvgIpc) is 3.35. The Morgan fingerprint density at radius 3 is 2.37 bits per heavy atom. The number of carbonyl (C=O) groups is 4. The lowest BCUT2D eigenvalue weighted by Gasteiger charge is -2.37. The van der Waals surface area contributed by atoms with Crippen LogP contribution < -0.4 is 15.4 Å². The molecule has 3 heterocycles. The summed E-state index contributed by atoms with van der Waals surface area (Å²) < 4.78 is 35.9. The summed E-state index contributed by atoms with van der Waals surface area (Å²) in [6.07, 6.45) is 10.3. The average molecular weight is 624 g/mol. The topological polar surface area (TPSA) is 154 Å². The van der Waals surface area contributed by atoms with E-state index in [0.29, 0.717) is 45.1 Å². The number of piperidine rings is 1. The summed E-state index contributed by atoms with van der Waals surface area (Å²) in [5, 5.41) is 5.59. The highest BCUT2D eigenvalue weighted by molar-refractivity contribution is 7.87. The number of alkyl carbamates (subject to hydrolysis) is 1. The van der Waals surface area contributed by atoms with Gasteiger partial charge in [-0.05, 0) is 86.0 Å². The Labute approximate surface area is 255 Å². The van der Waals surface area contributed by atoms with E-state index in [2.05, 4.69) is 15.4 Å². The second-order valence-corrected chi connectivity index (χ2v) is 15.2. The van der Waals surface area contributed by atoms with Gasteiger partial charge in [0.15, 0.2) is 0 Å². The molecule has 242 valence electrons. The second-order valence-electron chi connectivity index (χ2n) is 13.6. The smallest absolute Gasteiger partial charge is 0.408 e. The Morgan fingerprint density at radius 2 is 1.70 bits per heavy atom. The van der Waals surface area contributed by atoms with Crippen LogP contribution in [-0.2, 0) is 29.3 Å². The van der Waals surface area contributed by atoms with Crippen molar-refractivity contribution in [3.63, 3.8) is 0 Å². The fourth-order valence-electron chi connectivity index (χ4n) is 6.68. The first-order valence-corrected chi connectivity index (χ1v) is 17.2. The molecule has 4 rings (SSSR count). The zero-order chi connectivity index (χ0) is 31.6. The van der Waals surface area contributed by atoms with E-state index in [-0.39, 0.29) is 30.3 Å². The third kappa shape index (κ3) is 7.89. The van der Waals surface area contributed by atoms with Crippen molar-refractivity contribution in [1.82, 2.24) is 24.6 Å². The zero-order valence-electron chi connectivity index (χ0n) is 26.2. The third-order valence-corrected chi connectivity index (χ3v) is 10.7. The molecule has 43 heavy (non-hydrogen) atoms. The number of hydrogen-bond donors (Lipinski definition) is 3. The number of carbonyl (C=O) groups excluding carboxylic acids is 4. The summed E-state index contributed by atoms with van der Waals surface area (Å²) in [5.41, 5.74) is -2.16. The highest BCUT2D eigenvalue weighted by Gasteiger charge is 2.61. The van der Waals surface area contributed by atoms with Gasteiger partial charge < -0.3 is 20.3 Å². The third-order valence-electron chi connectivity index (χ3n) is 8.94. The van der Waals surface area contributed by atoms with Crippen LogP contribution in [-0.4, -0.2) is 83.3 Å². The summed E-state index contributed by atoms with van der Waals surface area (Å²) in [6, 6.07) is -2.18. The van der Waals surface area contributed by atoms with Gasteiger partial charge in [0.1, 0.15) is 23.2 Å². The van der Waals surface area contributed by atoms with Gasteiger partial charge in [0.05, 0.1) is 0 Å². The fraction of sp³-hybridized carbons (Fsp3) is 0.800. The van der Waals surface area contributed by atoms with Crippen LogP contribution in [0.25, 0.3) is 0 Å². The van der Waals surface area contributed by atoms with Crippen LogP contribution in [0.4, 0.5) is 4.79 Å². The van der Waals surface area contributed by atoms with Gasteiger partial charge in [-0.3, -0.25) is 14.4 Å². The molecule has 1 saturated carbocycles. The quantitative estimate of drug-likeness (QED) is 0.407. The summed E-state index contributed by atoms with van der Waals surface area (Å²) in [4.78, 5) is 55.3. The van der Waals surface area contributed by atoms with Crippen LogP contribution in [0.15, 0.2) is 12.2 Å². The highest BCUT2D eigenvalue weighted by Crippen LogP contribution is 2.46. The molecule has 0 bridgehead atoms. The number of allylic oxidation sites excluding steroid dienone is 1. The molecule has 1 aliphatic carbocycles. The summed E-state index contributed by atoms with van der Waals surface area (Å²) in [5.74, 6) is -1.98. The summed E-state index contributed by atoms with van der Waals surface area (Å²) in [6.45, 7) is 9.25. The van der Waals surface area contributed by atoms with Crippen molar-refractivity contribution in [3.8, 4) is 0 Å². The monoisotopic (exact) mass is 623 g/mol.